The molecule has 54 heteroatoms. The number of aryl methyl sites for hydroxylation is 7. The maximum atomic E-state index is 7.42. The maximum absolute atomic E-state index is 7.42. The van der Waals surface area contributed by atoms with Crippen LogP contribution in [0.5, 0.6) is 0 Å². The fourth-order valence-corrected chi connectivity index (χ4v) is 12.8. The Bertz CT molecular complexity index is 7930. The molecule has 1 aliphatic rings. The lowest BCUT2D eigenvalue weighted by atomic mass is 9.91. The Morgan fingerprint density at radius 3 is 1.17 bits per heavy atom. The molecule has 1 aromatic carbocycles. The van der Waals surface area contributed by atoms with Crippen molar-refractivity contribution in [1.29, 1.82) is 0 Å². The summed E-state index contributed by atoms with van der Waals surface area (Å²) in [4.78, 5) is 77.5. The van der Waals surface area contributed by atoms with Gasteiger partial charge in [-0.1, -0.05) is 51.1 Å². The number of aromatic amines is 4. The first-order valence-electron chi connectivity index (χ1n) is 39.3. The first kappa shape index (κ1) is 84.9. The topological polar surface area (TPSA) is 578 Å². The molecule has 0 fully saturated rings. The number of fused-ring (bicyclic) bond motifs is 5. The van der Waals surface area contributed by atoms with Crippen molar-refractivity contribution < 1.29 is 0 Å². The third-order valence-electron chi connectivity index (χ3n) is 18.7. The van der Waals surface area contributed by atoms with Crippen molar-refractivity contribution in [1.82, 2.24) is 188 Å². The van der Waals surface area contributed by atoms with Gasteiger partial charge < -0.3 is 0 Å². The lowest BCUT2D eigenvalue weighted by Crippen LogP contribution is -2.12. The van der Waals surface area contributed by atoms with E-state index in [9.17, 15) is 0 Å². The van der Waals surface area contributed by atoms with Gasteiger partial charge in [-0.3, -0.25) is 25.4 Å². The zero-order chi connectivity index (χ0) is 92.6. The fourth-order valence-electron chi connectivity index (χ4n) is 12.8. The highest BCUT2D eigenvalue weighted by atomic mass is 15.6. The molecule has 0 saturated carbocycles. The minimum absolute atomic E-state index is 0.228. The van der Waals surface area contributed by atoms with Crippen LogP contribution in [0.1, 0.15) is 79.5 Å². The second-order valence-electron chi connectivity index (χ2n) is 29.0. The summed E-state index contributed by atoms with van der Waals surface area (Å²) in [5.74, 6) is 5.62. The van der Waals surface area contributed by atoms with Gasteiger partial charge in [0.15, 0.2) is 63.5 Å². The Hall–Kier alpha value is -20.3. The van der Waals surface area contributed by atoms with E-state index in [1.807, 2.05) is 58.0 Å². The molecule has 20 aromatic rings. The summed E-state index contributed by atoms with van der Waals surface area (Å²) < 4.78 is 13.2. The Balaban J connectivity index is 0.000000116. The monoisotopic (exact) mass is 1770 g/mol. The molecule has 21 rings (SSSR count). The van der Waals surface area contributed by atoms with Gasteiger partial charge in [-0.05, 0) is 73.6 Å². The summed E-state index contributed by atoms with van der Waals surface area (Å²) >= 11 is 0. The van der Waals surface area contributed by atoms with E-state index in [0.717, 1.165) is 39.7 Å². The maximum Gasteiger partial charge on any atom is 0.252 e. The average molecular weight is 1770 g/mol. The van der Waals surface area contributed by atoms with Crippen LogP contribution in [0.15, 0.2) is 210 Å². The fraction of sp³-hybridized carbons (Fsp3) is 0.165. The van der Waals surface area contributed by atoms with Crippen LogP contribution in [0.25, 0.3) is 87.6 Å². The molecular weight excluding hydrogens is 1710 g/mol. The number of benzene rings is 1. The molecule has 19 aromatic heterocycles. The van der Waals surface area contributed by atoms with Crippen molar-refractivity contribution in [3.63, 3.8) is 0 Å². The highest BCUT2D eigenvalue weighted by Crippen LogP contribution is 2.42. The minimum Gasteiger partial charge on any atom is -0.278 e. The number of aromatic nitrogens is 38. The van der Waals surface area contributed by atoms with E-state index in [-0.39, 0.29) is 62.9 Å². The number of rotatable bonds is 16. The van der Waals surface area contributed by atoms with E-state index in [2.05, 4.69) is 242 Å². The highest BCUT2D eigenvalue weighted by Gasteiger charge is 2.29. The van der Waals surface area contributed by atoms with Crippen LogP contribution in [-0.4, -0.2) is 194 Å². The summed E-state index contributed by atoms with van der Waals surface area (Å²) in [5.41, 5.74) is 12.6. The van der Waals surface area contributed by atoms with Gasteiger partial charge in [-0.25, -0.2) is 98.4 Å². The second kappa shape index (κ2) is 36.5. The quantitative estimate of drug-likeness (QED) is 0.0515. The van der Waals surface area contributed by atoms with Crippen molar-refractivity contribution in [3.8, 4) is 40.7 Å². The molecule has 0 atom stereocenters. The Kier molecular flexibility index (Phi) is 23.3. The van der Waals surface area contributed by atoms with Crippen molar-refractivity contribution in [2.24, 2.45) is 56.2 Å². The van der Waals surface area contributed by atoms with Crippen molar-refractivity contribution >= 4 is 114 Å². The normalized spacial score (nSPS) is 11.8. The molecule has 0 aliphatic carbocycles. The molecule has 0 amide bonds. The Morgan fingerprint density at radius 1 is 0.353 bits per heavy atom. The zero-order valence-electron chi connectivity index (χ0n) is 71.5. The van der Waals surface area contributed by atoms with Crippen LogP contribution >= 0.6 is 0 Å². The number of H-pyrrole nitrogens is 4. The van der Waals surface area contributed by atoms with E-state index in [4.69, 9.17) is 32.9 Å². The van der Waals surface area contributed by atoms with Crippen molar-refractivity contribution in [2.75, 3.05) is 0 Å². The Labute approximate surface area is 746 Å². The second-order valence-corrected chi connectivity index (χ2v) is 29.0. The van der Waals surface area contributed by atoms with E-state index in [1.54, 1.807) is 116 Å². The summed E-state index contributed by atoms with van der Waals surface area (Å²) in [6.07, 6.45) is 24.9. The molecule has 4 N–H and O–H groups in total. The first-order chi connectivity index (χ1) is 64.6. The van der Waals surface area contributed by atoms with Crippen LogP contribution in [0, 0.1) is 81.3 Å². The number of azo groups is 5. The number of hydrogen-bond donors (Lipinski definition) is 4. The largest absolute Gasteiger partial charge is 0.278 e. The van der Waals surface area contributed by atoms with E-state index < -0.39 is 0 Å². The van der Waals surface area contributed by atoms with Crippen LogP contribution < -0.4 is 0 Å². The standard InChI is InChI=1S/C19H13N11.C17H17N11.C15H12N10.2C14H11N11/c1-12-24-18-16(15(28-30(18)27-12)13-7-4-3-5-8-13)25-26-17-14(20-2)11-23-29(17)19-21-9-6-10-22-19;1-10-22-15-12(13(17(2,3)4)26-28(15)25-10)23-24-14-11(18-5)9-21-27(14)16-19-7-6-8-20-16;1-9-7-12-13(10(2)23-25(12)22-9)20-21-14-11(16-3)8-19-24(14)15-17-5-4-6-18-15;1-8-12(14-19-9(2)23-25(14)22-8)20-21-13-10(15-3)6-18-24(13)11-7-16-4-5-17-11;1-8-12(14-19-9(2)23-25(14)22-8)20-21-13-10(15-3)6-18-24(13)11-4-5-16-7-17-11/h3-11,28H,1H3;6-9,26H,1-4H3;4-6,8H,7H2,1-2H3;2*4-7,22H,1-2H3. The molecule has 54 nitrogen and oxygen atoms in total. The lowest BCUT2D eigenvalue weighted by molar-refractivity contribution is 0.557. The van der Waals surface area contributed by atoms with Crippen LogP contribution in [-0.2, 0) is 11.8 Å². The van der Waals surface area contributed by atoms with Gasteiger partial charge >= 0.3 is 0 Å². The minimum atomic E-state index is -0.240. The number of nitrogens with zero attached hydrogens (tertiary/aromatic N) is 50. The van der Waals surface area contributed by atoms with Gasteiger partial charge in [-0.2, -0.15) is 73.1 Å². The average Bonchev–Trinajstić information content (AvgIpc) is 1.62. The Morgan fingerprint density at radius 2 is 0.744 bits per heavy atom. The molecule has 0 unspecified atom stereocenters. The van der Waals surface area contributed by atoms with E-state index in [0.29, 0.717) is 116 Å². The molecule has 0 spiro atoms. The third kappa shape index (κ3) is 17.4. The van der Waals surface area contributed by atoms with Gasteiger partial charge in [0.2, 0.25) is 22.6 Å². The van der Waals surface area contributed by atoms with Crippen LogP contribution in [0.3, 0.4) is 0 Å². The van der Waals surface area contributed by atoms with Gasteiger partial charge in [0.25, 0.3) is 46.3 Å². The smallest absolute Gasteiger partial charge is 0.252 e. The summed E-state index contributed by atoms with van der Waals surface area (Å²) in [6, 6.07) is 16.4. The molecule has 20 heterocycles. The van der Waals surface area contributed by atoms with Gasteiger partial charge in [0.05, 0.1) is 104 Å². The van der Waals surface area contributed by atoms with Gasteiger partial charge in [0.1, 0.15) is 35.3 Å². The predicted molar refractivity (Wildman–Crippen MR) is 469 cm³/mol. The SMILES string of the molecule is [C-]#[N+]c1cnn(-c2ccncn2)c1N=Nc1c(C)[nH]n2nc(C)nc12.[C-]#[N+]c1cnn(-c2cnccn2)c1N=Nc1c(C)[nH]n2nc(C)nc12.[C-]#[N+]c1cnn(-c2ncccn2)c1N=Nc1c(-c2ccccc2)[nH]n2nc(C)nc12.[C-]#[N+]c1cnn(-c2ncccn2)c1N=Nc1c(C(C)(C)C)[nH]n2nc(C)nc12.[C-]#[N+]c1cnn(-c2ncccn2)c1N=Nc1c(C)nn2c1CC(C)=N2. The molecule has 650 valence electrons. The van der Waals surface area contributed by atoms with E-state index in [1.165, 1.54) is 82.4 Å². The molecular formula is C79H64N54. The number of hydrogen-bond acceptors (Lipinski definition) is 35. The molecule has 1 aliphatic heterocycles. The van der Waals surface area contributed by atoms with Crippen molar-refractivity contribution in [3.05, 3.63) is 263 Å². The number of nitrogens with one attached hydrogen (secondary N) is 4. The van der Waals surface area contributed by atoms with Crippen LogP contribution in [0.4, 0.5) is 86.0 Å². The first-order valence-corrected chi connectivity index (χ1v) is 39.3. The van der Waals surface area contributed by atoms with Gasteiger partial charge in [0, 0.05) is 84.9 Å². The summed E-state index contributed by atoms with van der Waals surface area (Å²) in [7, 11) is 0. The molecule has 0 saturated heterocycles. The molecule has 0 radical (unpaired) electrons. The molecule has 133 heavy (non-hydrogen) atoms. The zero-order valence-corrected chi connectivity index (χ0v) is 71.5. The van der Waals surface area contributed by atoms with Crippen LogP contribution in [0.2, 0.25) is 0 Å². The molecule has 0 bridgehead atoms. The van der Waals surface area contributed by atoms with E-state index >= 15 is 0 Å². The third-order valence-corrected chi connectivity index (χ3v) is 18.7. The van der Waals surface area contributed by atoms with Crippen molar-refractivity contribution in [2.45, 2.75) is 88.0 Å². The predicted octanol–water partition coefficient (Wildman–Crippen LogP) is 15.7. The highest BCUT2D eigenvalue weighted by molar-refractivity contribution is 5.87. The summed E-state index contributed by atoms with van der Waals surface area (Å²) in [5, 5.41) is 102. The summed E-state index contributed by atoms with van der Waals surface area (Å²) in [6.45, 7) is 57.5. The lowest BCUT2D eigenvalue weighted by Gasteiger charge is -2.16. The van der Waals surface area contributed by atoms with Gasteiger partial charge in [-0.15, -0.1) is 71.5 Å².